The molecule has 0 amide bonds. The summed E-state index contributed by atoms with van der Waals surface area (Å²) in [4.78, 5) is 0. The quantitative estimate of drug-likeness (QED) is 0.414. The summed E-state index contributed by atoms with van der Waals surface area (Å²) in [6.45, 7) is 3.53. The summed E-state index contributed by atoms with van der Waals surface area (Å²) >= 11 is 1.55. The molecule has 0 radical (unpaired) electrons. The summed E-state index contributed by atoms with van der Waals surface area (Å²) in [6, 6.07) is 0. The first-order chi connectivity index (χ1) is 3.31. The molecular weight excluding hydrogens is 108 g/mol. The minimum Gasteiger partial charge on any atom is -0.445 e. The summed E-state index contributed by atoms with van der Waals surface area (Å²) in [6.07, 6.45) is 0. The van der Waals surface area contributed by atoms with Crippen LogP contribution in [-0.2, 0) is 0 Å². The van der Waals surface area contributed by atoms with Crippen molar-refractivity contribution in [2.24, 2.45) is 0 Å². The Kier molecular flexibility index (Phi) is 4.18. The standard InChI is InChI=1S/C4H10N2S/c1-4-7-6(3)5-2/h4,6H,1H2,2-3H3. The minimum atomic E-state index is 1.05. The molecule has 0 saturated heterocycles. The van der Waals surface area contributed by atoms with E-state index < -0.39 is 0 Å². The molecule has 0 aliphatic carbocycles. The van der Waals surface area contributed by atoms with Crippen LogP contribution in [0.5, 0.6) is 0 Å². The Morgan fingerprint density at radius 3 is 2.57 bits per heavy atom. The zero-order valence-corrected chi connectivity index (χ0v) is 5.46. The second kappa shape index (κ2) is 4.18. The molecule has 1 atom stereocenters. The van der Waals surface area contributed by atoms with Crippen LogP contribution in [0.3, 0.4) is 0 Å². The van der Waals surface area contributed by atoms with E-state index in [0.717, 1.165) is 4.41 Å². The lowest BCUT2D eigenvalue weighted by molar-refractivity contribution is -0.682. The molecule has 0 bridgehead atoms. The van der Waals surface area contributed by atoms with Crippen molar-refractivity contribution in [2.45, 2.75) is 0 Å². The summed E-state index contributed by atoms with van der Waals surface area (Å²) in [5, 5.41) is 1.77. The monoisotopic (exact) mass is 118 g/mol. The maximum atomic E-state index is 3.89. The number of nitrogens with one attached hydrogen (secondary N) is 1. The van der Waals surface area contributed by atoms with Gasteiger partial charge in [-0.2, -0.15) is 0 Å². The normalized spacial score (nSPS) is 13.4. The molecule has 0 aliphatic heterocycles. The van der Waals surface area contributed by atoms with Gasteiger partial charge in [0, 0.05) is 5.41 Å². The third kappa shape index (κ3) is 3.85. The van der Waals surface area contributed by atoms with Crippen LogP contribution in [0.15, 0.2) is 12.0 Å². The fraction of sp³-hybridized carbons (Fsp3) is 0.500. The molecule has 0 fully saturated rings. The first kappa shape index (κ1) is 7.01. The smallest absolute Gasteiger partial charge is 0.0909 e. The lowest BCUT2D eigenvalue weighted by Gasteiger charge is -2.17. The highest BCUT2D eigenvalue weighted by Gasteiger charge is 1.79. The van der Waals surface area contributed by atoms with Gasteiger partial charge in [-0.25, -0.2) is 0 Å². The topological polar surface area (TPSA) is 18.5 Å². The van der Waals surface area contributed by atoms with E-state index in [1.54, 1.807) is 24.4 Å². The highest BCUT2D eigenvalue weighted by atomic mass is 32.2. The molecular formula is C4H10N2S. The van der Waals surface area contributed by atoms with Crippen molar-refractivity contribution in [3.05, 3.63) is 17.4 Å². The second-order valence-electron chi connectivity index (χ2n) is 1.03. The molecule has 0 aromatic carbocycles. The van der Waals surface area contributed by atoms with Gasteiger partial charge in [0.25, 0.3) is 0 Å². The first-order valence-electron chi connectivity index (χ1n) is 2.02. The van der Waals surface area contributed by atoms with Crippen LogP contribution in [0.2, 0.25) is 0 Å². The molecule has 0 spiro atoms. The lowest BCUT2D eigenvalue weighted by atomic mass is 11.3. The Hall–Kier alpha value is 0.01000. The van der Waals surface area contributed by atoms with Crippen molar-refractivity contribution in [3.63, 3.8) is 0 Å². The Morgan fingerprint density at radius 1 is 1.86 bits per heavy atom. The summed E-state index contributed by atoms with van der Waals surface area (Å²) in [7, 11) is 3.72. The van der Waals surface area contributed by atoms with Gasteiger partial charge in [0.15, 0.2) is 0 Å². The largest absolute Gasteiger partial charge is 0.445 e. The van der Waals surface area contributed by atoms with Gasteiger partial charge in [-0.3, -0.25) is 0 Å². The van der Waals surface area contributed by atoms with E-state index in [1.807, 2.05) is 7.05 Å². The minimum absolute atomic E-state index is 1.05. The SMILES string of the molecule is C=CS[NH+](C)[N-]C. The fourth-order valence-electron chi connectivity index (χ4n) is 0.173. The van der Waals surface area contributed by atoms with Crippen LogP contribution in [0.25, 0.3) is 5.43 Å². The molecule has 0 aromatic rings. The first-order valence-corrected chi connectivity index (χ1v) is 2.90. The van der Waals surface area contributed by atoms with E-state index >= 15 is 0 Å². The lowest BCUT2D eigenvalue weighted by Crippen LogP contribution is -2.96. The number of hydrogen-bond donors (Lipinski definition) is 1. The highest BCUT2D eigenvalue weighted by molar-refractivity contribution is 7.95. The van der Waals surface area contributed by atoms with E-state index in [2.05, 4.69) is 12.0 Å². The van der Waals surface area contributed by atoms with Gasteiger partial charge in [0.1, 0.15) is 0 Å². The van der Waals surface area contributed by atoms with E-state index in [4.69, 9.17) is 0 Å². The van der Waals surface area contributed by atoms with E-state index in [-0.39, 0.29) is 0 Å². The molecule has 2 nitrogen and oxygen atoms in total. The summed E-state index contributed by atoms with van der Waals surface area (Å²) < 4.78 is 1.05. The molecule has 7 heavy (non-hydrogen) atoms. The Balaban J connectivity index is 2.98. The van der Waals surface area contributed by atoms with Gasteiger partial charge in [0.05, 0.1) is 19.0 Å². The molecule has 0 heterocycles. The predicted octanol–water partition coefficient (Wildman–Crippen LogP) is 0.211. The van der Waals surface area contributed by atoms with Crippen molar-refractivity contribution in [1.82, 2.24) is 0 Å². The summed E-state index contributed by atoms with van der Waals surface area (Å²) in [5.41, 5.74) is 3.89. The van der Waals surface area contributed by atoms with Crippen LogP contribution in [0, 0.1) is 0 Å². The second-order valence-corrected chi connectivity index (χ2v) is 2.19. The van der Waals surface area contributed by atoms with Gasteiger partial charge in [-0.15, -0.1) is 7.05 Å². The third-order valence-corrected chi connectivity index (χ3v) is 1.26. The maximum absolute atomic E-state index is 3.89. The molecule has 0 aromatic heterocycles. The average Bonchev–Trinajstić information content (AvgIpc) is 1.68. The van der Waals surface area contributed by atoms with Crippen LogP contribution in [-0.4, -0.2) is 14.1 Å². The number of quaternary nitrogens is 1. The molecule has 3 heteroatoms. The third-order valence-electron chi connectivity index (χ3n) is 0.569. The molecule has 1 unspecified atom stereocenters. The molecule has 0 saturated carbocycles. The van der Waals surface area contributed by atoms with Gasteiger partial charge < -0.3 is 9.84 Å². The van der Waals surface area contributed by atoms with Crippen molar-refractivity contribution in [2.75, 3.05) is 14.1 Å². The number of nitrogens with zero attached hydrogens (tertiary/aromatic N) is 1. The Labute approximate surface area is 48.7 Å². The molecule has 0 rings (SSSR count). The van der Waals surface area contributed by atoms with Gasteiger partial charge in [-0.05, 0) is 0 Å². The van der Waals surface area contributed by atoms with Crippen molar-refractivity contribution >= 4 is 11.9 Å². The van der Waals surface area contributed by atoms with Crippen molar-refractivity contribution in [1.29, 1.82) is 0 Å². The summed E-state index contributed by atoms with van der Waals surface area (Å²) in [5.74, 6) is 0. The Bertz CT molecular complexity index is 55.7. The van der Waals surface area contributed by atoms with Crippen LogP contribution < -0.4 is 4.41 Å². The maximum Gasteiger partial charge on any atom is 0.0909 e. The van der Waals surface area contributed by atoms with E-state index in [1.165, 1.54) is 0 Å². The van der Waals surface area contributed by atoms with E-state index in [0.29, 0.717) is 0 Å². The van der Waals surface area contributed by atoms with Gasteiger partial charge >= 0.3 is 0 Å². The average molecular weight is 118 g/mol. The van der Waals surface area contributed by atoms with Crippen LogP contribution in [0.4, 0.5) is 0 Å². The number of hydrogen-bond acceptors (Lipinski definition) is 1. The highest BCUT2D eigenvalue weighted by Crippen LogP contribution is 1.82. The zero-order chi connectivity index (χ0) is 5.70. The van der Waals surface area contributed by atoms with Crippen LogP contribution in [0.1, 0.15) is 0 Å². The fourth-order valence-corrected chi connectivity index (χ4v) is 0.520. The molecule has 1 N–H and O–H groups in total. The zero-order valence-electron chi connectivity index (χ0n) is 4.64. The predicted molar refractivity (Wildman–Crippen MR) is 34.0 cm³/mol. The van der Waals surface area contributed by atoms with E-state index in [9.17, 15) is 0 Å². The Morgan fingerprint density at radius 2 is 2.43 bits per heavy atom. The van der Waals surface area contributed by atoms with Gasteiger partial charge in [0.2, 0.25) is 0 Å². The molecule has 42 valence electrons. The van der Waals surface area contributed by atoms with Crippen LogP contribution >= 0.6 is 11.9 Å². The molecule has 0 aliphatic rings. The van der Waals surface area contributed by atoms with Crippen molar-refractivity contribution < 1.29 is 4.41 Å². The van der Waals surface area contributed by atoms with Gasteiger partial charge in [-0.1, -0.05) is 6.58 Å². The number of rotatable bonds is 3. The van der Waals surface area contributed by atoms with Crippen molar-refractivity contribution in [3.8, 4) is 0 Å².